The first-order valence-electron chi connectivity index (χ1n) is 6.60. The van der Waals surface area contributed by atoms with E-state index in [0.717, 1.165) is 36.0 Å². The van der Waals surface area contributed by atoms with E-state index in [1.54, 1.807) is 6.92 Å². The molecule has 1 saturated heterocycles. The van der Waals surface area contributed by atoms with Crippen molar-refractivity contribution < 1.29 is 4.79 Å². The Balaban J connectivity index is 2.01. The highest BCUT2D eigenvalue weighted by atomic mass is 79.9. The Morgan fingerprint density at radius 3 is 2.68 bits per heavy atom. The van der Waals surface area contributed by atoms with Crippen LogP contribution in [0.1, 0.15) is 25.3 Å². The van der Waals surface area contributed by atoms with Gasteiger partial charge in [-0.15, -0.1) is 0 Å². The molecule has 0 spiro atoms. The Labute approximate surface area is 122 Å². The lowest BCUT2D eigenvalue weighted by molar-refractivity contribution is -0.119. The van der Waals surface area contributed by atoms with Crippen LogP contribution in [0.5, 0.6) is 0 Å². The van der Waals surface area contributed by atoms with Gasteiger partial charge in [-0.05, 0) is 36.6 Å². The first-order valence-corrected chi connectivity index (χ1v) is 7.39. The number of benzene rings is 1. The van der Waals surface area contributed by atoms with Crippen LogP contribution in [0, 0.1) is 0 Å². The fourth-order valence-electron chi connectivity index (χ4n) is 2.50. The van der Waals surface area contributed by atoms with E-state index in [0.29, 0.717) is 12.6 Å². The molecule has 104 valence electrons. The molecular weight excluding hydrogens is 306 g/mol. The minimum atomic E-state index is 0.0614. The predicted octanol–water partition coefficient (Wildman–Crippen LogP) is 2.01. The number of hydrogen-bond donors (Lipinski definition) is 2. The average molecular weight is 326 g/mol. The topological polar surface area (TPSA) is 58.4 Å². The summed E-state index contributed by atoms with van der Waals surface area (Å²) in [4.78, 5) is 13.4. The molecule has 0 aromatic heterocycles. The van der Waals surface area contributed by atoms with Crippen LogP contribution in [-0.2, 0) is 11.3 Å². The van der Waals surface area contributed by atoms with Crippen molar-refractivity contribution in [1.82, 2.24) is 5.32 Å². The number of amides is 1. The van der Waals surface area contributed by atoms with E-state index >= 15 is 0 Å². The van der Waals surface area contributed by atoms with Gasteiger partial charge in [-0.2, -0.15) is 0 Å². The second-order valence-corrected chi connectivity index (χ2v) is 5.90. The van der Waals surface area contributed by atoms with Crippen LogP contribution in [0.15, 0.2) is 22.7 Å². The summed E-state index contributed by atoms with van der Waals surface area (Å²) in [5.74, 6) is 0.0614. The lowest BCUT2D eigenvalue weighted by atomic mass is 10.0. The number of carbonyl (C=O) groups excluding carboxylic acids is 1. The molecule has 2 rings (SSSR count). The lowest BCUT2D eigenvalue weighted by Gasteiger charge is -2.34. The molecular formula is C14H20BrN3O. The van der Waals surface area contributed by atoms with Crippen LogP contribution in [0.3, 0.4) is 0 Å². The maximum absolute atomic E-state index is 11.0. The first-order chi connectivity index (χ1) is 9.08. The van der Waals surface area contributed by atoms with Crippen molar-refractivity contribution in [3.8, 4) is 0 Å². The van der Waals surface area contributed by atoms with E-state index in [-0.39, 0.29) is 5.91 Å². The maximum Gasteiger partial charge on any atom is 0.217 e. The highest BCUT2D eigenvalue weighted by molar-refractivity contribution is 9.10. The van der Waals surface area contributed by atoms with E-state index in [2.05, 4.69) is 38.3 Å². The summed E-state index contributed by atoms with van der Waals surface area (Å²) in [5.41, 5.74) is 8.04. The van der Waals surface area contributed by atoms with Crippen molar-refractivity contribution in [3.05, 3.63) is 28.2 Å². The number of anilines is 1. The van der Waals surface area contributed by atoms with Crippen LogP contribution in [0.25, 0.3) is 0 Å². The molecule has 1 amide bonds. The fourth-order valence-corrected chi connectivity index (χ4v) is 3.03. The predicted molar refractivity (Wildman–Crippen MR) is 81.1 cm³/mol. The number of rotatable bonds is 3. The molecule has 1 aliphatic heterocycles. The molecule has 0 radical (unpaired) electrons. The monoisotopic (exact) mass is 325 g/mol. The number of halogens is 1. The number of piperidine rings is 1. The summed E-state index contributed by atoms with van der Waals surface area (Å²) in [7, 11) is 0. The molecule has 0 atom stereocenters. The highest BCUT2D eigenvalue weighted by Gasteiger charge is 2.20. The zero-order valence-electron chi connectivity index (χ0n) is 11.2. The Morgan fingerprint density at radius 2 is 2.11 bits per heavy atom. The summed E-state index contributed by atoms with van der Waals surface area (Å²) in [6.45, 7) is 4.06. The summed E-state index contributed by atoms with van der Waals surface area (Å²) >= 11 is 3.53. The smallest absolute Gasteiger partial charge is 0.217 e. The molecule has 3 N–H and O–H groups in total. The number of hydrogen-bond acceptors (Lipinski definition) is 3. The van der Waals surface area contributed by atoms with Crippen molar-refractivity contribution >= 4 is 27.5 Å². The zero-order chi connectivity index (χ0) is 13.8. The lowest BCUT2D eigenvalue weighted by Crippen LogP contribution is -2.44. The van der Waals surface area contributed by atoms with E-state index in [1.807, 2.05) is 6.07 Å². The molecule has 0 bridgehead atoms. The van der Waals surface area contributed by atoms with Crippen LogP contribution in [-0.4, -0.2) is 25.0 Å². The van der Waals surface area contributed by atoms with E-state index in [1.165, 1.54) is 5.69 Å². The number of nitrogens with one attached hydrogen (secondary N) is 1. The molecule has 5 heteroatoms. The van der Waals surface area contributed by atoms with Gasteiger partial charge in [0.15, 0.2) is 0 Å². The van der Waals surface area contributed by atoms with Crippen LogP contribution >= 0.6 is 15.9 Å². The van der Waals surface area contributed by atoms with Crippen LogP contribution in [0.4, 0.5) is 5.69 Å². The average Bonchev–Trinajstić information content (AvgIpc) is 2.38. The second kappa shape index (κ2) is 6.39. The van der Waals surface area contributed by atoms with Crippen molar-refractivity contribution in [2.75, 3.05) is 18.0 Å². The molecule has 0 unspecified atom stereocenters. The third kappa shape index (κ3) is 3.94. The molecule has 1 heterocycles. The summed E-state index contributed by atoms with van der Waals surface area (Å²) < 4.78 is 1.06. The van der Waals surface area contributed by atoms with Crippen molar-refractivity contribution in [2.45, 2.75) is 32.4 Å². The molecule has 0 saturated carbocycles. The SMILES string of the molecule is CC(=O)NC1CCN(c2cc(Br)cc(CN)c2)CC1. The van der Waals surface area contributed by atoms with Crippen molar-refractivity contribution in [3.63, 3.8) is 0 Å². The Bertz CT molecular complexity index is 456. The van der Waals surface area contributed by atoms with Gasteiger partial charge in [-0.25, -0.2) is 0 Å². The van der Waals surface area contributed by atoms with Gasteiger partial charge in [0, 0.05) is 42.8 Å². The van der Waals surface area contributed by atoms with E-state index in [9.17, 15) is 4.79 Å². The fraction of sp³-hybridized carbons (Fsp3) is 0.500. The van der Waals surface area contributed by atoms with Gasteiger partial charge in [0.25, 0.3) is 0 Å². The minimum absolute atomic E-state index is 0.0614. The summed E-state index contributed by atoms with van der Waals surface area (Å²) in [6.07, 6.45) is 1.98. The van der Waals surface area contributed by atoms with Gasteiger partial charge in [-0.3, -0.25) is 4.79 Å². The van der Waals surface area contributed by atoms with E-state index in [4.69, 9.17) is 5.73 Å². The quantitative estimate of drug-likeness (QED) is 0.893. The van der Waals surface area contributed by atoms with Gasteiger partial charge in [-0.1, -0.05) is 15.9 Å². The van der Waals surface area contributed by atoms with Gasteiger partial charge >= 0.3 is 0 Å². The minimum Gasteiger partial charge on any atom is -0.371 e. The second-order valence-electron chi connectivity index (χ2n) is 4.98. The van der Waals surface area contributed by atoms with Gasteiger partial charge in [0.05, 0.1) is 0 Å². The molecule has 1 aromatic rings. The van der Waals surface area contributed by atoms with Gasteiger partial charge in [0.2, 0.25) is 5.91 Å². The Kier molecular flexibility index (Phi) is 4.82. The van der Waals surface area contributed by atoms with Crippen molar-refractivity contribution in [2.24, 2.45) is 5.73 Å². The van der Waals surface area contributed by atoms with E-state index < -0.39 is 0 Å². The number of carbonyl (C=O) groups is 1. The maximum atomic E-state index is 11.0. The third-order valence-corrected chi connectivity index (χ3v) is 3.90. The molecule has 1 aromatic carbocycles. The third-order valence-electron chi connectivity index (χ3n) is 3.45. The molecule has 4 nitrogen and oxygen atoms in total. The summed E-state index contributed by atoms with van der Waals surface area (Å²) in [6, 6.07) is 6.63. The Hall–Kier alpha value is -1.07. The molecule has 0 aliphatic carbocycles. The highest BCUT2D eigenvalue weighted by Crippen LogP contribution is 2.25. The number of nitrogens with two attached hydrogens (primary N) is 1. The van der Waals surface area contributed by atoms with Crippen LogP contribution < -0.4 is 16.0 Å². The largest absolute Gasteiger partial charge is 0.371 e. The van der Waals surface area contributed by atoms with Crippen LogP contribution in [0.2, 0.25) is 0 Å². The standard InChI is InChI=1S/C14H20BrN3O/c1-10(19)17-13-2-4-18(5-3-13)14-7-11(9-16)6-12(15)8-14/h6-8,13H,2-5,9,16H2,1H3,(H,17,19). The van der Waals surface area contributed by atoms with Gasteiger partial charge < -0.3 is 16.0 Å². The molecule has 19 heavy (non-hydrogen) atoms. The molecule has 1 fully saturated rings. The summed E-state index contributed by atoms with van der Waals surface area (Å²) in [5, 5.41) is 2.99. The Morgan fingerprint density at radius 1 is 1.42 bits per heavy atom. The zero-order valence-corrected chi connectivity index (χ0v) is 12.7. The first kappa shape index (κ1) is 14.3. The molecule has 1 aliphatic rings. The van der Waals surface area contributed by atoms with Crippen molar-refractivity contribution in [1.29, 1.82) is 0 Å². The normalized spacial score (nSPS) is 16.5. The number of nitrogens with zero attached hydrogens (tertiary/aromatic N) is 1. The van der Waals surface area contributed by atoms with Gasteiger partial charge in [0.1, 0.15) is 0 Å².